The monoisotopic (exact) mass is 593 g/mol. The van der Waals surface area contributed by atoms with Crippen molar-refractivity contribution in [3.8, 4) is 11.3 Å². The summed E-state index contributed by atoms with van der Waals surface area (Å²) in [6.07, 6.45) is -0.886. The minimum atomic E-state index is -0.847. The number of nitrogens with zero attached hydrogens (tertiary/aromatic N) is 4. The number of carbonyl (C=O) groups is 2. The summed E-state index contributed by atoms with van der Waals surface area (Å²) in [5.41, 5.74) is 0.979. The van der Waals surface area contributed by atoms with E-state index < -0.39 is 41.4 Å². The van der Waals surface area contributed by atoms with E-state index in [9.17, 15) is 14.7 Å². The number of benzene rings is 1. The molecular weight excluding hydrogens is 557 g/mol. The van der Waals surface area contributed by atoms with Crippen LogP contribution in [0.5, 0.6) is 0 Å². The summed E-state index contributed by atoms with van der Waals surface area (Å²) in [7, 11) is 0. The number of hydrogen-bond acceptors (Lipinski definition) is 8. The van der Waals surface area contributed by atoms with E-state index in [-0.39, 0.29) is 30.5 Å². The van der Waals surface area contributed by atoms with Crippen LogP contribution in [0.2, 0.25) is 0 Å². The lowest BCUT2D eigenvalue weighted by Crippen LogP contribution is -2.53. The van der Waals surface area contributed by atoms with Crippen molar-refractivity contribution in [2.75, 3.05) is 50.8 Å². The van der Waals surface area contributed by atoms with Crippen LogP contribution in [0.1, 0.15) is 37.6 Å². The molecular formula is C28H37ClFN5O4S. The number of amides is 2. The van der Waals surface area contributed by atoms with Crippen LogP contribution in [0, 0.1) is 11.7 Å². The highest BCUT2D eigenvalue weighted by Gasteiger charge is 2.52. The zero-order chi connectivity index (χ0) is 28.6. The Morgan fingerprint density at radius 3 is 2.70 bits per heavy atom. The molecule has 4 heterocycles. The van der Waals surface area contributed by atoms with E-state index in [0.29, 0.717) is 17.7 Å². The fraction of sp³-hybridized carbons (Fsp3) is 0.607. The second-order valence-corrected chi connectivity index (χ2v) is 12.5. The summed E-state index contributed by atoms with van der Waals surface area (Å²) in [6, 6.07) is 2.92. The number of anilines is 1. The van der Waals surface area contributed by atoms with Gasteiger partial charge < -0.3 is 29.9 Å². The van der Waals surface area contributed by atoms with Crippen molar-refractivity contribution in [2.24, 2.45) is 5.92 Å². The lowest BCUT2D eigenvalue weighted by Gasteiger charge is -2.33. The predicted octanol–water partition coefficient (Wildman–Crippen LogP) is 2.81. The number of piperazine rings is 1. The maximum absolute atomic E-state index is 15.3. The van der Waals surface area contributed by atoms with Crippen molar-refractivity contribution in [2.45, 2.75) is 56.9 Å². The van der Waals surface area contributed by atoms with E-state index in [4.69, 9.17) is 16.3 Å². The first-order valence-corrected chi connectivity index (χ1v) is 15.3. The van der Waals surface area contributed by atoms with Crippen LogP contribution in [-0.4, -0.2) is 107 Å². The molecule has 40 heavy (non-hydrogen) atoms. The lowest BCUT2D eigenvalue weighted by atomic mass is 10.0. The highest BCUT2D eigenvalue weighted by Crippen LogP contribution is 2.34. The third kappa shape index (κ3) is 5.99. The SMILES string of the molecule is CCN1CCN(c2nc(-c3ccc(C(=O)N[C@@H](CC(C)C)C(=O)N4C[C@@H](Cl)[C@H]5OC[C@@H](O)[C@@H]54)cc3F)cs2)CC1. The molecule has 1 aromatic heterocycles. The summed E-state index contributed by atoms with van der Waals surface area (Å²) in [5.74, 6) is -1.31. The normalized spacial score (nSPS) is 25.9. The number of fused-ring (bicyclic) bond motifs is 1. The highest BCUT2D eigenvalue weighted by atomic mass is 35.5. The predicted molar refractivity (Wildman–Crippen MR) is 153 cm³/mol. The van der Waals surface area contributed by atoms with E-state index in [0.717, 1.165) is 37.9 Å². The summed E-state index contributed by atoms with van der Waals surface area (Å²) < 4.78 is 20.8. The van der Waals surface area contributed by atoms with Gasteiger partial charge in [0.15, 0.2) is 5.13 Å². The number of rotatable bonds is 8. The zero-order valence-electron chi connectivity index (χ0n) is 23.1. The van der Waals surface area contributed by atoms with Crippen molar-refractivity contribution >= 4 is 39.9 Å². The molecule has 2 amide bonds. The van der Waals surface area contributed by atoms with Crippen molar-refractivity contribution in [1.82, 2.24) is 20.1 Å². The number of nitrogens with one attached hydrogen (secondary N) is 1. The summed E-state index contributed by atoms with van der Waals surface area (Å²) in [4.78, 5) is 37.6. The van der Waals surface area contributed by atoms with Gasteiger partial charge in [0.1, 0.15) is 18.0 Å². The van der Waals surface area contributed by atoms with Crippen LogP contribution >= 0.6 is 22.9 Å². The average molecular weight is 594 g/mol. The average Bonchev–Trinajstić information content (AvgIpc) is 3.65. The van der Waals surface area contributed by atoms with E-state index in [1.54, 1.807) is 12.1 Å². The molecule has 3 aliphatic heterocycles. The van der Waals surface area contributed by atoms with Crippen LogP contribution in [0.4, 0.5) is 9.52 Å². The van der Waals surface area contributed by atoms with E-state index in [1.165, 1.54) is 22.3 Å². The van der Waals surface area contributed by atoms with Crippen molar-refractivity contribution < 1.29 is 23.8 Å². The van der Waals surface area contributed by atoms with Crippen LogP contribution < -0.4 is 10.2 Å². The molecule has 2 N–H and O–H groups in total. The number of aliphatic hydroxyl groups is 1. The second-order valence-electron chi connectivity index (χ2n) is 11.1. The summed E-state index contributed by atoms with van der Waals surface area (Å²) in [5, 5.41) is 15.5. The molecule has 0 radical (unpaired) electrons. The number of likely N-dealkylation sites (N-methyl/N-ethyl adjacent to an activating group) is 1. The van der Waals surface area contributed by atoms with E-state index >= 15 is 4.39 Å². The number of aromatic nitrogens is 1. The number of ether oxygens (including phenoxy) is 1. The van der Waals surface area contributed by atoms with Crippen molar-refractivity contribution in [3.63, 3.8) is 0 Å². The topological polar surface area (TPSA) is 98.2 Å². The molecule has 0 bridgehead atoms. The number of likely N-dealkylation sites (tertiary alicyclic amines) is 1. The molecule has 3 saturated heterocycles. The van der Waals surface area contributed by atoms with Gasteiger partial charge in [-0.25, -0.2) is 9.37 Å². The number of hydrogen-bond donors (Lipinski definition) is 2. The van der Waals surface area contributed by atoms with E-state index in [2.05, 4.69) is 27.0 Å². The Hall–Kier alpha value is -2.31. The van der Waals surface area contributed by atoms with Gasteiger partial charge >= 0.3 is 0 Å². The molecule has 0 aliphatic carbocycles. The van der Waals surface area contributed by atoms with Gasteiger partial charge in [-0.2, -0.15) is 0 Å². The minimum Gasteiger partial charge on any atom is -0.388 e. The first-order valence-electron chi connectivity index (χ1n) is 13.9. The van der Waals surface area contributed by atoms with Crippen molar-refractivity contribution in [3.05, 3.63) is 35.0 Å². The Morgan fingerprint density at radius 1 is 1.27 bits per heavy atom. The van der Waals surface area contributed by atoms with Gasteiger partial charge in [-0.05, 0) is 37.1 Å². The second kappa shape index (κ2) is 12.3. The summed E-state index contributed by atoms with van der Waals surface area (Å²) in [6.45, 7) is 11.2. The van der Waals surface area contributed by atoms with Gasteiger partial charge in [-0.15, -0.1) is 22.9 Å². The highest BCUT2D eigenvalue weighted by molar-refractivity contribution is 7.14. The molecule has 1 aromatic carbocycles. The zero-order valence-corrected chi connectivity index (χ0v) is 24.6. The molecule has 0 unspecified atom stereocenters. The van der Waals surface area contributed by atoms with Gasteiger partial charge in [0.2, 0.25) is 5.91 Å². The molecule has 0 spiro atoms. The van der Waals surface area contributed by atoms with Crippen LogP contribution in [-0.2, 0) is 9.53 Å². The van der Waals surface area contributed by atoms with Crippen LogP contribution in [0.3, 0.4) is 0 Å². The lowest BCUT2D eigenvalue weighted by molar-refractivity contribution is -0.136. The molecule has 0 saturated carbocycles. The molecule has 12 heteroatoms. The fourth-order valence-electron chi connectivity index (χ4n) is 5.77. The molecule has 5 rings (SSSR count). The van der Waals surface area contributed by atoms with Crippen molar-refractivity contribution in [1.29, 1.82) is 0 Å². The van der Waals surface area contributed by atoms with Crippen LogP contribution in [0.25, 0.3) is 11.3 Å². The smallest absolute Gasteiger partial charge is 0.252 e. The molecule has 3 aliphatic rings. The number of aliphatic hydroxyl groups excluding tert-OH is 1. The van der Waals surface area contributed by atoms with Gasteiger partial charge in [-0.1, -0.05) is 20.8 Å². The Labute approximate surface area is 243 Å². The Balaban J connectivity index is 1.28. The third-order valence-corrected chi connectivity index (χ3v) is 9.25. The van der Waals surface area contributed by atoms with Gasteiger partial charge in [0.25, 0.3) is 5.91 Å². The largest absolute Gasteiger partial charge is 0.388 e. The Morgan fingerprint density at radius 2 is 2.02 bits per heavy atom. The first kappa shape index (κ1) is 29.2. The van der Waals surface area contributed by atoms with Crippen LogP contribution in [0.15, 0.2) is 23.6 Å². The molecule has 3 fully saturated rings. The number of alkyl halides is 1. The Bertz CT molecular complexity index is 1220. The molecule has 9 nitrogen and oxygen atoms in total. The van der Waals surface area contributed by atoms with Gasteiger partial charge in [-0.3, -0.25) is 9.59 Å². The fourth-order valence-corrected chi connectivity index (χ4v) is 7.02. The maximum atomic E-state index is 15.3. The standard InChI is InChI=1S/C28H37ClFN5O4S/c1-4-33-7-9-34(10-8-33)28-32-22(15-40-28)18-6-5-17(12-20(18)30)26(37)31-21(11-16(2)3)27(38)35-13-19(29)25-24(35)23(36)14-39-25/h5-6,12,15-16,19,21,23-25,36H,4,7-11,13-14H2,1-3H3,(H,31,37)/t19-,21+,23-,24+,25-/m1/s1. The number of halogens is 2. The molecule has 2 aromatic rings. The maximum Gasteiger partial charge on any atom is 0.252 e. The molecule has 5 atom stereocenters. The summed E-state index contributed by atoms with van der Waals surface area (Å²) >= 11 is 7.89. The number of carbonyl (C=O) groups excluding carboxylic acids is 2. The first-order chi connectivity index (χ1) is 19.2. The van der Waals surface area contributed by atoms with Gasteiger partial charge in [0.05, 0.1) is 29.8 Å². The third-order valence-electron chi connectivity index (χ3n) is 7.96. The molecule has 218 valence electrons. The van der Waals surface area contributed by atoms with E-state index in [1.807, 2.05) is 19.2 Å². The number of thiazole rings is 1. The Kier molecular flexibility index (Phi) is 8.96. The minimum absolute atomic E-state index is 0.104. The van der Waals surface area contributed by atoms with Gasteiger partial charge in [0, 0.05) is 49.2 Å². The quantitative estimate of drug-likeness (QED) is 0.454.